The average Bonchev–Trinajstić information content (AvgIpc) is 2.76. The van der Waals surface area contributed by atoms with Crippen molar-refractivity contribution in [2.24, 2.45) is 0 Å². The Morgan fingerprint density at radius 1 is 1.07 bits per heavy atom. The molecular formula is C23H27N3O2S. The van der Waals surface area contributed by atoms with Crippen molar-refractivity contribution < 1.29 is 4.79 Å². The molecule has 152 valence electrons. The van der Waals surface area contributed by atoms with Gasteiger partial charge >= 0.3 is 0 Å². The number of para-hydroxylation sites is 1. The van der Waals surface area contributed by atoms with E-state index in [2.05, 4.69) is 26.1 Å². The molecule has 1 amide bonds. The SMILES string of the molecule is CCc1ccc(-n2c(SCC(=O)NC(CC)CC)nc3ccccc3c2=O)cc1. The molecule has 0 saturated heterocycles. The van der Waals surface area contributed by atoms with Gasteiger partial charge in [-0.1, -0.05) is 56.8 Å². The average molecular weight is 410 g/mol. The Hall–Kier alpha value is -2.60. The fraction of sp³-hybridized carbons (Fsp3) is 0.348. The molecule has 1 heterocycles. The van der Waals surface area contributed by atoms with E-state index in [0.29, 0.717) is 16.1 Å². The lowest BCUT2D eigenvalue weighted by Crippen LogP contribution is -2.35. The fourth-order valence-electron chi connectivity index (χ4n) is 3.21. The van der Waals surface area contributed by atoms with Crippen LogP contribution in [0.25, 0.3) is 16.6 Å². The molecule has 3 aromatic rings. The summed E-state index contributed by atoms with van der Waals surface area (Å²) in [6, 6.07) is 15.4. The standard InChI is InChI=1S/C23H27N3O2S/c1-4-16-11-13-18(14-12-16)26-22(28)19-9-7-8-10-20(19)25-23(26)29-15-21(27)24-17(5-2)6-3/h7-14,17H,4-6,15H2,1-3H3,(H,24,27). The van der Waals surface area contributed by atoms with Crippen molar-refractivity contribution in [1.29, 1.82) is 0 Å². The molecule has 0 radical (unpaired) electrons. The maximum absolute atomic E-state index is 13.2. The van der Waals surface area contributed by atoms with E-state index in [9.17, 15) is 9.59 Å². The molecule has 0 spiro atoms. The van der Waals surface area contributed by atoms with E-state index in [0.717, 1.165) is 24.9 Å². The minimum Gasteiger partial charge on any atom is -0.353 e. The van der Waals surface area contributed by atoms with Gasteiger partial charge in [0, 0.05) is 6.04 Å². The molecule has 3 rings (SSSR count). The van der Waals surface area contributed by atoms with Crippen molar-refractivity contribution in [3.63, 3.8) is 0 Å². The minimum absolute atomic E-state index is 0.0426. The van der Waals surface area contributed by atoms with E-state index in [1.165, 1.54) is 17.3 Å². The van der Waals surface area contributed by atoms with Crippen LogP contribution in [-0.4, -0.2) is 27.3 Å². The molecule has 29 heavy (non-hydrogen) atoms. The van der Waals surface area contributed by atoms with Crippen LogP contribution in [0.3, 0.4) is 0 Å². The molecule has 0 aliphatic rings. The number of amides is 1. The van der Waals surface area contributed by atoms with Crippen molar-refractivity contribution in [2.75, 3.05) is 5.75 Å². The molecule has 1 aromatic heterocycles. The molecule has 0 saturated carbocycles. The summed E-state index contributed by atoms with van der Waals surface area (Å²) in [6.07, 6.45) is 2.73. The zero-order chi connectivity index (χ0) is 20.8. The van der Waals surface area contributed by atoms with Crippen LogP contribution in [-0.2, 0) is 11.2 Å². The first-order valence-electron chi connectivity index (χ1n) is 10.1. The van der Waals surface area contributed by atoms with Gasteiger partial charge in [-0.2, -0.15) is 0 Å². The lowest BCUT2D eigenvalue weighted by Gasteiger charge is -2.16. The van der Waals surface area contributed by atoms with E-state index in [1.807, 2.05) is 42.5 Å². The monoisotopic (exact) mass is 409 g/mol. The highest BCUT2D eigenvalue weighted by molar-refractivity contribution is 7.99. The Labute approximate surface area is 175 Å². The zero-order valence-corrected chi connectivity index (χ0v) is 18.0. The van der Waals surface area contributed by atoms with E-state index < -0.39 is 0 Å². The Kier molecular flexibility index (Phi) is 7.09. The van der Waals surface area contributed by atoms with Gasteiger partial charge in [-0.25, -0.2) is 4.98 Å². The minimum atomic E-state index is -0.122. The second-order valence-electron chi connectivity index (χ2n) is 6.94. The summed E-state index contributed by atoms with van der Waals surface area (Å²) in [5, 5.41) is 4.13. The van der Waals surface area contributed by atoms with Crippen LogP contribution >= 0.6 is 11.8 Å². The van der Waals surface area contributed by atoms with Crippen LogP contribution in [0.5, 0.6) is 0 Å². The van der Waals surface area contributed by atoms with Gasteiger partial charge in [-0.15, -0.1) is 0 Å². The van der Waals surface area contributed by atoms with E-state index >= 15 is 0 Å². The highest BCUT2D eigenvalue weighted by Gasteiger charge is 2.15. The third kappa shape index (κ3) is 4.88. The molecule has 0 atom stereocenters. The molecule has 6 heteroatoms. The van der Waals surface area contributed by atoms with Crippen molar-refractivity contribution >= 4 is 28.6 Å². The Morgan fingerprint density at radius 2 is 1.76 bits per heavy atom. The normalized spacial score (nSPS) is 11.2. The fourth-order valence-corrected chi connectivity index (χ4v) is 4.03. The van der Waals surface area contributed by atoms with Crippen molar-refractivity contribution in [1.82, 2.24) is 14.9 Å². The molecule has 0 bridgehead atoms. The summed E-state index contributed by atoms with van der Waals surface area (Å²) >= 11 is 1.29. The van der Waals surface area contributed by atoms with Gasteiger partial charge in [-0.3, -0.25) is 14.2 Å². The maximum atomic E-state index is 13.2. The van der Waals surface area contributed by atoms with Gasteiger partial charge in [-0.05, 0) is 49.1 Å². The summed E-state index contributed by atoms with van der Waals surface area (Å²) in [7, 11) is 0. The molecule has 2 aromatic carbocycles. The van der Waals surface area contributed by atoms with Crippen LogP contribution in [0.2, 0.25) is 0 Å². The van der Waals surface area contributed by atoms with Crippen molar-refractivity contribution in [3.05, 3.63) is 64.4 Å². The van der Waals surface area contributed by atoms with Gasteiger partial charge < -0.3 is 5.32 Å². The van der Waals surface area contributed by atoms with Gasteiger partial charge in [0.1, 0.15) is 0 Å². The number of fused-ring (bicyclic) bond motifs is 1. The van der Waals surface area contributed by atoms with E-state index in [1.54, 1.807) is 10.6 Å². The van der Waals surface area contributed by atoms with Crippen LogP contribution in [0.15, 0.2) is 58.5 Å². The predicted molar refractivity (Wildman–Crippen MR) is 120 cm³/mol. The molecule has 1 N–H and O–H groups in total. The number of benzene rings is 2. The highest BCUT2D eigenvalue weighted by Crippen LogP contribution is 2.21. The number of aryl methyl sites for hydroxylation is 1. The first kappa shape index (κ1) is 21.1. The topological polar surface area (TPSA) is 64.0 Å². The number of hydrogen-bond donors (Lipinski definition) is 1. The molecule has 0 aliphatic carbocycles. The highest BCUT2D eigenvalue weighted by atomic mass is 32.2. The number of aromatic nitrogens is 2. The Bertz CT molecular complexity index is 1040. The van der Waals surface area contributed by atoms with Gasteiger partial charge in [0.05, 0.1) is 22.3 Å². The summed E-state index contributed by atoms with van der Waals surface area (Å²) < 4.78 is 1.61. The molecule has 5 nitrogen and oxygen atoms in total. The number of rotatable bonds is 8. The quantitative estimate of drug-likeness (QED) is 0.444. The van der Waals surface area contributed by atoms with Crippen LogP contribution in [0, 0.1) is 0 Å². The first-order valence-corrected chi connectivity index (χ1v) is 11.1. The van der Waals surface area contributed by atoms with Crippen molar-refractivity contribution in [2.45, 2.75) is 51.2 Å². The van der Waals surface area contributed by atoms with E-state index in [4.69, 9.17) is 4.98 Å². The number of hydrogen-bond acceptors (Lipinski definition) is 4. The first-order chi connectivity index (χ1) is 14.1. The van der Waals surface area contributed by atoms with E-state index in [-0.39, 0.29) is 23.3 Å². The van der Waals surface area contributed by atoms with Gasteiger partial charge in [0.2, 0.25) is 5.91 Å². The second-order valence-corrected chi connectivity index (χ2v) is 7.88. The van der Waals surface area contributed by atoms with Crippen LogP contribution < -0.4 is 10.9 Å². The predicted octanol–water partition coefficient (Wildman–Crippen LogP) is 4.35. The number of nitrogens with one attached hydrogen (secondary N) is 1. The lowest BCUT2D eigenvalue weighted by molar-refractivity contribution is -0.119. The maximum Gasteiger partial charge on any atom is 0.266 e. The Morgan fingerprint density at radius 3 is 2.41 bits per heavy atom. The van der Waals surface area contributed by atoms with Crippen LogP contribution in [0.1, 0.15) is 39.2 Å². The largest absolute Gasteiger partial charge is 0.353 e. The summed E-state index contributed by atoms with van der Waals surface area (Å²) in [4.78, 5) is 30.3. The van der Waals surface area contributed by atoms with Gasteiger partial charge in [0.25, 0.3) is 5.56 Å². The number of nitrogens with zero attached hydrogens (tertiary/aromatic N) is 2. The Balaban J connectivity index is 1.98. The number of carbonyl (C=O) groups is 1. The van der Waals surface area contributed by atoms with Gasteiger partial charge in [0.15, 0.2) is 5.16 Å². The zero-order valence-electron chi connectivity index (χ0n) is 17.1. The smallest absolute Gasteiger partial charge is 0.266 e. The molecule has 0 unspecified atom stereocenters. The van der Waals surface area contributed by atoms with Crippen LogP contribution in [0.4, 0.5) is 0 Å². The molecule has 0 aliphatic heterocycles. The number of thioether (sulfide) groups is 1. The molecular weight excluding hydrogens is 382 g/mol. The summed E-state index contributed by atoms with van der Waals surface area (Å²) in [5.41, 5.74) is 2.48. The molecule has 0 fully saturated rings. The third-order valence-electron chi connectivity index (χ3n) is 5.03. The van der Waals surface area contributed by atoms with Crippen molar-refractivity contribution in [3.8, 4) is 5.69 Å². The summed E-state index contributed by atoms with van der Waals surface area (Å²) in [5.74, 6) is 0.174. The number of carbonyl (C=O) groups excluding carboxylic acids is 1. The third-order valence-corrected chi connectivity index (χ3v) is 5.97. The lowest BCUT2D eigenvalue weighted by atomic mass is 10.1. The second kappa shape index (κ2) is 9.74. The summed E-state index contributed by atoms with van der Waals surface area (Å²) in [6.45, 7) is 6.22.